The maximum Gasteiger partial charge on any atom is 0.321 e. The van der Waals surface area contributed by atoms with E-state index in [1.807, 2.05) is 0 Å². The molecule has 0 radical (unpaired) electrons. The van der Waals surface area contributed by atoms with Crippen molar-refractivity contribution in [2.24, 2.45) is 0 Å². The minimum absolute atomic E-state index is 0.0932. The molecule has 0 saturated heterocycles. The monoisotopic (exact) mass is 296 g/mol. The number of carbonyl (C=O) groups excluding carboxylic acids is 1. The lowest BCUT2D eigenvalue weighted by atomic mass is 10.2. The van der Waals surface area contributed by atoms with Crippen LogP contribution in [0.4, 0.5) is 14.9 Å². The van der Waals surface area contributed by atoms with Crippen molar-refractivity contribution >= 4 is 11.7 Å². The highest BCUT2D eigenvalue weighted by Crippen LogP contribution is 2.27. The molecule has 1 aliphatic carbocycles. The fourth-order valence-electron chi connectivity index (χ4n) is 2.33. The number of nitrogens with one attached hydrogen (secondary N) is 1. The quantitative estimate of drug-likeness (QED) is 0.878. The number of benzene rings is 1. The molecule has 0 aromatic heterocycles. The number of likely N-dealkylation sites (N-methyl/N-ethyl adjacent to an activating group) is 1. The summed E-state index contributed by atoms with van der Waals surface area (Å²) >= 11 is 0. The third-order valence-electron chi connectivity index (χ3n) is 3.56. The highest BCUT2D eigenvalue weighted by Gasteiger charge is 2.18. The second kappa shape index (κ2) is 7.26. The summed E-state index contributed by atoms with van der Waals surface area (Å²) < 4.78 is 19.6. The number of urea groups is 1. The molecule has 1 fully saturated rings. The van der Waals surface area contributed by atoms with Crippen molar-refractivity contribution in [1.82, 2.24) is 4.90 Å². The predicted octanol–water partition coefficient (Wildman–Crippen LogP) is 2.60. The number of aliphatic hydroxyl groups excluding tert-OH is 1. The normalized spacial score (nSPS) is 15.0. The van der Waals surface area contributed by atoms with Gasteiger partial charge in [0.05, 0.1) is 12.7 Å². The average Bonchev–Trinajstić information content (AvgIpc) is 2.95. The zero-order valence-electron chi connectivity index (χ0n) is 12.1. The Labute approximate surface area is 123 Å². The molecule has 2 N–H and O–H groups in total. The molecule has 0 atom stereocenters. The van der Waals surface area contributed by atoms with Gasteiger partial charge in [-0.3, -0.25) is 0 Å². The third-order valence-corrected chi connectivity index (χ3v) is 3.56. The van der Waals surface area contributed by atoms with Crippen LogP contribution < -0.4 is 10.1 Å². The Bertz CT molecular complexity index is 490. The fraction of sp³-hybridized carbons (Fsp3) is 0.533. The Morgan fingerprint density at radius 3 is 2.81 bits per heavy atom. The summed E-state index contributed by atoms with van der Waals surface area (Å²) in [6, 6.07) is 4.00. The summed E-state index contributed by atoms with van der Waals surface area (Å²) in [5.74, 6) is -0.256. The first-order valence-electron chi connectivity index (χ1n) is 7.19. The van der Waals surface area contributed by atoms with Crippen molar-refractivity contribution in [3.05, 3.63) is 24.0 Å². The Kier molecular flexibility index (Phi) is 5.38. The van der Waals surface area contributed by atoms with Crippen LogP contribution in [0.1, 0.15) is 25.7 Å². The smallest absolute Gasteiger partial charge is 0.321 e. The van der Waals surface area contributed by atoms with Gasteiger partial charge in [0.25, 0.3) is 0 Å². The predicted molar refractivity (Wildman–Crippen MR) is 78.0 cm³/mol. The van der Waals surface area contributed by atoms with Crippen molar-refractivity contribution in [2.45, 2.75) is 31.8 Å². The molecule has 116 valence electrons. The highest BCUT2D eigenvalue weighted by atomic mass is 19.1. The van der Waals surface area contributed by atoms with Crippen LogP contribution >= 0.6 is 0 Å². The molecular weight excluding hydrogens is 275 g/mol. The largest absolute Gasteiger partial charge is 0.487 e. The van der Waals surface area contributed by atoms with Gasteiger partial charge in [-0.2, -0.15) is 0 Å². The zero-order valence-corrected chi connectivity index (χ0v) is 12.1. The number of carbonyl (C=O) groups is 1. The Morgan fingerprint density at radius 1 is 1.48 bits per heavy atom. The summed E-state index contributed by atoms with van der Waals surface area (Å²) in [5.41, 5.74) is 0.362. The van der Waals surface area contributed by atoms with E-state index in [2.05, 4.69) is 5.32 Å². The first kappa shape index (κ1) is 15.6. The molecule has 0 aliphatic heterocycles. The second-order valence-corrected chi connectivity index (χ2v) is 5.24. The second-order valence-electron chi connectivity index (χ2n) is 5.24. The number of hydrogen-bond acceptors (Lipinski definition) is 3. The van der Waals surface area contributed by atoms with E-state index in [0.29, 0.717) is 5.69 Å². The van der Waals surface area contributed by atoms with Gasteiger partial charge in [0.2, 0.25) is 0 Å². The first-order valence-corrected chi connectivity index (χ1v) is 7.19. The summed E-state index contributed by atoms with van der Waals surface area (Å²) in [5, 5.41) is 11.3. The summed E-state index contributed by atoms with van der Waals surface area (Å²) in [7, 11) is 1.56. The molecular formula is C15H21FN2O3. The van der Waals surface area contributed by atoms with Gasteiger partial charge in [-0.05, 0) is 37.8 Å². The molecule has 0 bridgehead atoms. The lowest BCUT2D eigenvalue weighted by Gasteiger charge is -2.17. The van der Waals surface area contributed by atoms with Gasteiger partial charge in [0, 0.05) is 25.3 Å². The third kappa shape index (κ3) is 4.32. The molecule has 5 nitrogen and oxygen atoms in total. The lowest BCUT2D eigenvalue weighted by molar-refractivity contribution is 0.200. The minimum Gasteiger partial charge on any atom is -0.487 e. The van der Waals surface area contributed by atoms with Crippen molar-refractivity contribution in [2.75, 3.05) is 25.5 Å². The van der Waals surface area contributed by atoms with Gasteiger partial charge >= 0.3 is 6.03 Å². The maximum atomic E-state index is 14.0. The van der Waals surface area contributed by atoms with Crippen LogP contribution in [0.15, 0.2) is 18.2 Å². The Balaban J connectivity index is 1.96. The van der Waals surface area contributed by atoms with Crippen LogP contribution in [0.3, 0.4) is 0 Å². The van der Waals surface area contributed by atoms with Crippen molar-refractivity contribution < 1.29 is 19.0 Å². The first-order chi connectivity index (χ1) is 10.1. The number of nitrogens with zero attached hydrogens (tertiary/aromatic N) is 1. The molecule has 0 spiro atoms. The molecule has 6 heteroatoms. The molecule has 21 heavy (non-hydrogen) atoms. The molecule has 0 heterocycles. The molecule has 1 aromatic rings. The van der Waals surface area contributed by atoms with Crippen molar-refractivity contribution in [3.8, 4) is 5.75 Å². The van der Waals surface area contributed by atoms with Crippen LogP contribution in [0.25, 0.3) is 0 Å². The summed E-state index contributed by atoms with van der Waals surface area (Å²) in [6.45, 7) is 0.101. The van der Waals surface area contributed by atoms with Gasteiger partial charge in [-0.15, -0.1) is 0 Å². The average molecular weight is 296 g/mol. The lowest BCUT2D eigenvalue weighted by Crippen LogP contribution is -2.33. The van der Waals surface area contributed by atoms with E-state index in [9.17, 15) is 9.18 Å². The van der Waals surface area contributed by atoms with E-state index < -0.39 is 11.8 Å². The van der Waals surface area contributed by atoms with Crippen LogP contribution in [-0.2, 0) is 0 Å². The van der Waals surface area contributed by atoms with E-state index in [4.69, 9.17) is 9.84 Å². The van der Waals surface area contributed by atoms with Gasteiger partial charge in [0.1, 0.15) is 0 Å². The number of anilines is 1. The minimum atomic E-state index is -0.482. The number of rotatable bonds is 5. The van der Waals surface area contributed by atoms with Gasteiger partial charge < -0.3 is 20.1 Å². The number of halogens is 1. The van der Waals surface area contributed by atoms with Gasteiger partial charge in [-0.1, -0.05) is 0 Å². The van der Waals surface area contributed by atoms with Crippen molar-refractivity contribution in [1.29, 1.82) is 0 Å². The van der Waals surface area contributed by atoms with Gasteiger partial charge in [-0.25, -0.2) is 9.18 Å². The van der Waals surface area contributed by atoms with E-state index in [0.717, 1.165) is 25.7 Å². The zero-order chi connectivity index (χ0) is 15.2. The molecule has 1 aliphatic rings. The SMILES string of the molecule is CN(CCO)C(=O)Nc1ccc(OC2CCCC2)c(F)c1. The van der Waals surface area contributed by atoms with E-state index in [-0.39, 0.29) is 25.0 Å². The maximum absolute atomic E-state index is 14.0. The summed E-state index contributed by atoms with van der Waals surface area (Å²) in [6.07, 6.45) is 4.26. The highest BCUT2D eigenvalue weighted by molar-refractivity contribution is 5.89. The van der Waals surface area contributed by atoms with Gasteiger partial charge in [0.15, 0.2) is 11.6 Å². The molecule has 1 saturated carbocycles. The Morgan fingerprint density at radius 2 is 2.19 bits per heavy atom. The van der Waals surface area contributed by atoms with Crippen molar-refractivity contribution in [3.63, 3.8) is 0 Å². The van der Waals surface area contributed by atoms with E-state index in [1.165, 1.54) is 17.0 Å². The van der Waals surface area contributed by atoms with Crippen LogP contribution in [-0.4, -0.2) is 42.3 Å². The van der Waals surface area contributed by atoms with E-state index in [1.54, 1.807) is 13.1 Å². The fourth-order valence-corrected chi connectivity index (χ4v) is 2.33. The summed E-state index contributed by atoms with van der Waals surface area (Å²) in [4.78, 5) is 13.0. The number of amides is 2. The Hall–Kier alpha value is -1.82. The molecule has 1 aromatic carbocycles. The molecule has 2 rings (SSSR count). The standard InChI is InChI=1S/C15H21FN2O3/c1-18(8-9-19)15(20)17-11-6-7-14(13(16)10-11)21-12-4-2-3-5-12/h6-7,10,12,19H,2-5,8-9H2,1H3,(H,17,20). The van der Waals surface area contributed by atoms with Crippen LogP contribution in [0, 0.1) is 5.82 Å². The number of ether oxygens (including phenoxy) is 1. The van der Waals surface area contributed by atoms with Crippen LogP contribution in [0.2, 0.25) is 0 Å². The topological polar surface area (TPSA) is 61.8 Å². The number of aliphatic hydroxyl groups is 1. The van der Waals surface area contributed by atoms with Crippen LogP contribution in [0.5, 0.6) is 5.75 Å². The molecule has 2 amide bonds. The number of hydrogen-bond donors (Lipinski definition) is 2. The van der Waals surface area contributed by atoms with E-state index >= 15 is 0 Å². The molecule has 0 unspecified atom stereocenters.